The molecule has 2 heterocycles. The van der Waals surface area contributed by atoms with Crippen LogP contribution < -0.4 is 5.32 Å². The Balaban J connectivity index is 1.67. The third-order valence-electron chi connectivity index (χ3n) is 4.67. The van der Waals surface area contributed by atoms with Crippen LogP contribution in [0.2, 0.25) is 5.02 Å². The van der Waals surface area contributed by atoms with Gasteiger partial charge in [0.2, 0.25) is 0 Å². The van der Waals surface area contributed by atoms with Gasteiger partial charge in [0.25, 0.3) is 0 Å². The molecule has 3 nitrogen and oxygen atoms in total. The third-order valence-corrected chi connectivity index (χ3v) is 5.03. The van der Waals surface area contributed by atoms with E-state index in [1.807, 2.05) is 12.1 Å². The zero-order valence-electron chi connectivity index (χ0n) is 11.8. The summed E-state index contributed by atoms with van der Waals surface area (Å²) >= 11 is 6.27. The Labute approximate surface area is 125 Å². The molecule has 2 atom stereocenters. The monoisotopic (exact) mass is 289 g/mol. The molecule has 2 aliphatic rings. The van der Waals surface area contributed by atoms with E-state index in [0.717, 1.165) is 12.1 Å². The summed E-state index contributed by atoms with van der Waals surface area (Å²) in [5, 5.41) is 13.3. The summed E-state index contributed by atoms with van der Waals surface area (Å²) in [7, 11) is 2.18. The zero-order valence-corrected chi connectivity index (χ0v) is 12.5. The lowest BCUT2D eigenvalue weighted by atomic mass is 9.98. The van der Waals surface area contributed by atoms with Crippen LogP contribution in [-0.4, -0.2) is 30.1 Å². The third kappa shape index (κ3) is 2.83. The van der Waals surface area contributed by atoms with Gasteiger partial charge in [-0.15, -0.1) is 0 Å². The van der Waals surface area contributed by atoms with E-state index in [1.165, 1.54) is 25.7 Å². The fourth-order valence-electron chi connectivity index (χ4n) is 3.53. The van der Waals surface area contributed by atoms with Gasteiger partial charge in [0.05, 0.1) is 11.6 Å². The van der Waals surface area contributed by atoms with E-state index in [0.29, 0.717) is 28.7 Å². The van der Waals surface area contributed by atoms with Crippen molar-refractivity contribution >= 4 is 11.6 Å². The van der Waals surface area contributed by atoms with Crippen LogP contribution in [0, 0.1) is 11.3 Å². The van der Waals surface area contributed by atoms with Crippen molar-refractivity contribution in [3.05, 3.63) is 34.3 Å². The van der Waals surface area contributed by atoms with Crippen molar-refractivity contribution in [3.8, 4) is 6.07 Å². The summed E-state index contributed by atoms with van der Waals surface area (Å²) in [6.45, 7) is 0.856. The predicted octanol–water partition coefficient (Wildman–Crippen LogP) is 2.93. The first kappa shape index (κ1) is 13.9. The van der Waals surface area contributed by atoms with Crippen LogP contribution in [0.3, 0.4) is 0 Å². The SMILES string of the molecule is CN(Cc1ccc(C#N)cc1Cl)C1CC2CCC(C1)N2. The van der Waals surface area contributed by atoms with Crippen LogP contribution in [0.1, 0.15) is 36.8 Å². The van der Waals surface area contributed by atoms with E-state index in [9.17, 15) is 0 Å². The van der Waals surface area contributed by atoms with E-state index in [-0.39, 0.29) is 0 Å². The average Bonchev–Trinajstić information content (AvgIpc) is 2.79. The Kier molecular flexibility index (Phi) is 3.98. The van der Waals surface area contributed by atoms with Gasteiger partial charge in [-0.2, -0.15) is 5.26 Å². The minimum Gasteiger partial charge on any atom is -0.311 e. The minimum absolute atomic E-state index is 0.626. The van der Waals surface area contributed by atoms with Crippen LogP contribution in [0.25, 0.3) is 0 Å². The first-order valence-corrected chi connectivity index (χ1v) is 7.68. The Morgan fingerprint density at radius 1 is 1.35 bits per heavy atom. The number of rotatable bonds is 3. The molecule has 20 heavy (non-hydrogen) atoms. The largest absolute Gasteiger partial charge is 0.311 e. The topological polar surface area (TPSA) is 39.1 Å². The van der Waals surface area contributed by atoms with Gasteiger partial charge in [-0.25, -0.2) is 0 Å². The van der Waals surface area contributed by atoms with Crippen LogP contribution in [-0.2, 0) is 6.54 Å². The van der Waals surface area contributed by atoms with E-state index >= 15 is 0 Å². The first-order valence-electron chi connectivity index (χ1n) is 7.30. The van der Waals surface area contributed by atoms with E-state index in [2.05, 4.69) is 23.3 Å². The van der Waals surface area contributed by atoms with E-state index in [1.54, 1.807) is 6.07 Å². The lowest BCUT2D eigenvalue weighted by molar-refractivity contribution is 0.166. The molecule has 106 valence electrons. The predicted molar refractivity (Wildman–Crippen MR) is 80.6 cm³/mol. The molecular weight excluding hydrogens is 270 g/mol. The smallest absolute Gasteiger partial charge is 0.0992 e. The number of benzene rings is 1. The van der Waals surface area contributed by atoms with Crippen molar-refractivity contribution < 1.29 is 0 Å². The second-order valence-electron chi connectivity index (χ2n) is 6.10. The second kappa shape index (κ2) is 5.73. The van der Waals surface area contributed by atoms with Crippen molar-refractivity contribution in [1.82, 2.24) is 10.2 Å². The number of piperidine rings is 1. The summed E-state index contributed by atoms with van der Waals surface area (Å²) in [6.07, 6.45) is 5.13. The molecule has 2 fully saturated rings. The van der Waals surface area contributed by atoms with Gasteiger partial charge in [-0.3, -0.25) is 4.90 Å². The van der Waals surface area contributed by atoms with Gasteiger partial charge in [0, 0.05) is 29.7 Å². The van der Waals surface area contributed by atoms with Crippen molar-refractivity contribution in [2.75, 3.05) is 7.05 Å². The summed E-state index contributed by atoms with van der Waals surface area (Å²) in [5.41, 5.74) is 1.74. The number of hydrogen-bond acceptors (Lipinski definition) is 3. The summed E-state index contributed by atoms with van der Waals surface area (Å²) in [5.74, 6) is 0. The summed E-state index contributed by atoms with van der Waals surface area (Å²) in [6, 6.07) is 9.77. The molecule has 1 aromatic rings. The van der Waals surface area contributed by atoms with Gasteiger partial charge in [-0.1, -0.05) is 17.7 Å². The van der Waals surface area contributed by atoms with Gasteiger partial charge < -0.3 is 5.32 Å². The molecule has 3 rings (SSSR count). The van der Waals surface area contributed by atoms with Crippen LogP contribution >= 0.6 is 11.6 Å². The highest BCUT2D eigenvalue weighted by molar-refractivity contribution is 6.31. The van der Waals surface area contributed by atoms with E-state index in [4.69, 9.17) is 16.9 Å². The highest BCUT2D eigenvalue weighted by atomic mass is 35.5. The van der Waals surface area contributed by atoms with Crippen molar-refractivity contribution in [1.29, 1.82) is 5.26 Å². The second-order valence-corrected chi connectivity index (χ2v) is 6.50. The number of nitriles is 1. The highest BCUT2D eigenvalue weighted by Crippen LogP contribution is 2.30. The molecule has 0 saturated carbocycles. The van der Waals surface area contributed by atoms with Crippen molar-refractivity contribution in [2.24, 2.45) is 0 Å². The molecule has 1 N–H and O–H groups in total. The maximum atomic E-state index is 8.88. The molecule has 0 spiro atoms. The van der Waals surface area contributed by atoms with Gasteiger partial charge in [0.1, 0.15) is 0 Å². The fraction of sp³-hybridized carbons (Fsp3) is 0.562. The molecule has 0 amide bonds. The fourth-order valence-corrected chi connectivity index (χ4v) is 3.77. The maximum Gasteiger partial charge on any atom is 0.0992 e. The van der Waals surface area contributed by atoms with Crippen LogP contribution in [0.5, 0.6) is 0 Å². The first-order chi connectivity index (χ1) is 9.65. The number of halogens is 1. The molecule has 1 aromatic carbocycles. The lowest BCUT2D eigenvalue weighted by Crippen LogP contribution is -2.46. The molecule has 0 radical (unpaired) electrons. The molecule has 0 aromatic heterocycles. The van der Waals surface area contributed by atoms with Gasteiger partial charge in [-0.05, 0) is 50.4 Å². The van der Waals surface area contributed by atoms with Crippen LogP contribution in [0.4, 0.5) is 0 Å². The molecule has 2 unspecified atom stereocenters. The summed E-state index contributed by atoms with van der Waals surface area (Å²) < 4.78 is 0. The van der Waals surface area contributed by atoms with Crippen molar-refractivity contribution in [3.63, 3.8) is 0 Å². The number of fused-ring (bicyclic) bond motifs is 2. The molecular formula is C16H20ClN3. The Bertz CT molecular complexity index is 525. The number of nitrogens with zero attached hydrogens (tertiary/aromatic N) is 2. The molecule has 2 saturated heterocycles. The highest BCUT2D eigenvalue weighted by Gasteiger charge is 2.35. The normalized spacial score (nSPS) is 28.6. The zero-order chi connectivity index (χ0) is 14.1. The Hall–Kier alpha value is -1.08. The standard InChI is InChI=1S/C16H20ClN3/c1-20(15-7-13-4-5-14(8-15)19-13)10-12-3-2-11(9-18)6-16(12)17/h2-3,6,13-15,19H,4-5,7-8,10H2,1H3. The Morgan fingerprint density at radius 2 is 2.05 bits per heavy atom. The van der Waals surface area contributed by atoms with Gasteiger partial charge in [0.15, 0.2) is 0 Å². The maximum absolute atomic E-state index is 8.88. The van der Waals surface area contributed by atoms with Crippen LogP contribution in [0.15, 0.2) is 18.2 Å². The number of nitrogens with one attached hydrogen (secondary N) is 1. The quantitative estimate of drug-likeness (QED) is 0.930. The summed E-state index contributed by atoms with van der Waals surface area (Å²) in [4.78, 5) is 2.42. The molecule has 2 aliphatic heterocycles. The lowest BCUT2D eigenvalue weighted by Gasteiger charge is -2.35. The molecule has 2 bridgehead atoms. The van der Waals surface area contributed by atoms with E-state index < -0.39 is 0 Å². The number of hydrogen-bond donors (Lipinski definition) is 1. The molecule has 4 heteroatoms. The molecule has 0 aliphatic carbocycles. The average molecular weight is 290 g/mol. The minimum atomic E-state index is 0.626. The van der Waals surface area contributed by atoms with Crippen molar-refractivity contribution in [2.45, 2.75) is 50.4 Å². The Morgan fingerprint density at radius 3 is 2.65 bits per heavy atom. The van der Waals surface area contributed by atoms with Gasteiger partial charge >= 0.3 is 0 Å².